The van der Waals surface area contributed by atoms with E-state index in [-0.39, 0.29) is 6.10 Å². The maximum atomic E-state index is 5.77. The van der Waals surface area contributed by atoms with Crippen molar-refractivity contribution in [2.45, 2.75) is 18.9 Å². The van der Waals surface area contributed by atoms with Crippen LogP contribution < -0.4 is 10.1 Å². The van der Waals surface area contributed by atoms with E-state index in [1.165, 1.54) is 11.1 Å². The summed E-state index contributed by atoms with van der Waals surface area (Å²) < 4.78 is 10.9. The molecule has 1 N–H and O–H groups in total. The summed E-state index contributed by atoms with van der Waals surface area (Å²) in [7, 11) is 1.65. The maximum Gasteiger partial charge on any atom is 0.213 e. The Hall–Kier alpha value is -1.91. The fourth-order valence-corrected chi connectivity index (χ4v) is 2.66. The van der Waals surface area contributed by atoms with E-state index in [9.17, 15) is 0 Å². The first-order valence-electron chi connectivity index (χ1n) is 7.76. The lowest BCUT2D eigenvalue weighted by Gasteiger charge is -2.24. The SMILES string of the molecule is COc1cccc(CCc2ccc([C@H]3CNCCO3)cc2)n1. The second-order valence-corrected chi connectivity index (χ2v) is 5.48. The zero-order valence-corrected chi connectivity index (χ0v) is 12.9. The van der Waals surface area contributed by atoms with Crippen LogP contribution in [0.1, 0.15) is 22.9 Å². The normalized spacial score (nSPS) is 18.1. The van der Waals surface area contributed by atoms with Crippen molar-refractivity contribution in [1.82, 2.24) is 10.3 Å². The maximum absolute atomic E-state index is 5.77. The number of pyridine rings is 1. The van der Waals surface area contributed by atoms with Gasteiger partial charge < -0.3 is 14.8 Å². The minimum atomic E-state index is 0.183. The summed E-state index contributed by atoms with van der Waals surface area (Å²) >= 11 is 0. The van der Waals surface area contributed by atoms with E-state index in [2.05, 4.69) is 34.6 Å². The van der Waals surface area contributed by atoms with Crippen LogP contribution in [0.5, 0.6) is 5.88 Å². The summed E-state index contributed by atoms with van der Waals surface area (Å²) in [6, 6.07) is 14.6. The minimum Gasteiger partial charge on any atom is -0.481 e. The summed E-state index contributed by atoms with van der Waals surface area (Å²) in [5, 5.41) is 3.36. The summed E-state index contributed by atoms with van der Waals surface area (Å²) in [5.74, 6) is 0.676. The molecule has 3 rings (SSSR count). The summed E-state index contributed by atoms with van der Waals surface area (Å²) in [6.45, 7) is 2.63. The number of methoxy groups -OCH3 is 1. The van der Waals surface area contributed by atoms with Gasteiger partial charge in [0.25, 0.3) is 0 Å². The lowest BCUT2D eigenvalue weighted by Crippen LogP contribution is -2.33. The van der Waals surface area contributed by atoms with Gasteiger partial charge in [0, 0.05) is 24.8 Å². The van der Waals surface area contributed by atoms with Crippen LogP contribution in [0.2, 0.25) is 0 Å². The van der Waals surface area contributed by atoms with E-state index in [1.807, 2.05) is 18.2 Å². The van der Waals surface area contributed by atoms with E-state index in [0.717, 1.165) is 38.2 Å². The zero-order valence-electron chi connectivity index (χ0n) is 12.9. The van der Waals surface area contributed by atoms with Crippen molar-refractivity contribution in [2.24, 2.45) is 0 Å². The molecule has 1 aliphatic heterocycles. The van der Waals surface area contributed by atoms with Crippen molar-refractivity contribution in [3.8, 4) is 5.88 Å². The van der Waals surface area contributed by atoms with Crippen LogP contribution in [-0.2, 0) is 17.6 Å². The molecule has 0 aliphatic carbocycles. The average molecular weight is 298 g/mol. The van der Waals surface area contributed by atoms with Crippen LogP contribution in [0, 0.1) is 0 Å². The van der Waals surface area contributed by atoms with Crippen LogP contribution in [0.15, 0.2) is 42.5 Å². The number of hydrogen-bond donors (Lipinski definition) is 1. The standard InChI is InChI=1S/C18H22N2O2/c1-21-18-4-2-3-16(20-18)10-7-14-5-8-15(9-6-14)17-13-19-11-12-22-17/h2-6,8-9,17,19H,7,10-13H2,1H3/t17-/m1/s1. The van der Waals surface area contributed by atoms with Gasteiger partial charge in [-0.05, 0) is 30.0 Å². The van der Waals surface area contributed by atoms with E-state index >= 15 is 0 Å². The van der Waals surface area contributed by atoms with Crippen molar-refractivity contribution in [3.05, 3.63) is 59.3 Å². The Bertz CT molecular complexity index is 592. The van der Waals surface area contributed by atoms with Crippen molar-refractivity contribution < 1.29 is 9.47 Å². The second-order valence-electron chi connectivity index (χ2n) is 5.48. The number of ether oxygens (including phenoxy) is 2. The quantitative estimate of drug-likeness (QED) is 0.921. The highest BCUT2D eigenvalue weighted by Gasteiger charge is 2.15. The molecule has 22 heavy (non-hydrogen) atoms. The van der Waals surface area contributed by atoms with Crippen molar-refractivity contribution in [1.29, 1.82) is 0 Å². The van der Waals surface area contributed by atoms with Crippen molar-refractivity contribution in [2.75, 3.05) is 26.8 Å². The zero-order chi connectivity index (χ0) is 15.2. The lowest BCUT2D eigenvalue weighted by atomic mass is 10.0. The van der Waals surface area contributed by atoms with Crippen LogP contribution in [-0.4, -0.2) is 31.8 Å². The summed E-state index contributed by atoms with van der Waals surface area (Å²) in [4.78, 5) is 4.45. The molecule has 0 bridgehead atoms. The van der Waals surface area contributed by atoms with Crippen molar-refractivity contribution >= 4 is 0 Å². The van der Waals surface area contributed by atoms with E-state index in [0.29, 0.717) is 5.88 Å². The van der Waals surface area contributed by atoms with E-state index in [4.69, 9.17) is 9.47 Å². The highest BCUT2D eigenvalue weighted by Crippen LogP contribution is 2.19. The fourth-order valence-electron chi connectivity index (χ4n) is 2.66. The molecule has 0 radical (unpaired) electrons. The highest BCUT2D eigenvalue weighted by atomic mass is 16.5. The number of nitrogens with one attached hydrogen (secondary N) is 1. The summed E-state index contributed by atoms with van der Waals surface area (Å²) in [5.41, 5.74) is 3.62. The number of aromatic nitrogens is 1. The monoisotopic (exact) mass is 298 g/mol. The van der Waals surface area contributed by atoms with Gasteiger partial charge in [-0.1, -0.05) is 30.3 Å². The molecule has 0 unspecified atom stereocenters. The molecule has 1 aromatic carbocycles. The molecule has 0 amide bonds. The molecule has 1 atom stereocenters. The van der Waals surface area contributed by atoms with Gasteiger partial charge in [0.1, 0.15) is 0 Å². The van der Waals surface area contributed by atoms with Gasteiger partial charge in [0.05, 0.1) is 19.8 Å². The number of hydrogen-bond acceptors (Lipinski definition) is 4. The molecule has 1 saturated heterocycles. The molecule has 1 aliphatic rings. The number of aryl methyl sites for hydroxylation is 2. The van der Waals surface area contributed by atoms with Gasteiger partial charge in [-0.3, -0.25) is 0 Å². The molecule has 1 aromatic heterocycles. The Morgan fingerprint density at radius 3 is 2.77 bits per heavy atom. The first-order chi connectivity index (χ1) is 10.8. The Kier molecular flexibility index (Phi) is 5.03. The van der Waals surface area contributed by atoms with Crippen LogP contribution in [0.3, 0.4) is 0 Å². The largest absolute Gasteiger partial charge is 0.481 e. The van der Waals surface area contributed by atoms with Gasteiger partial charge in [0.15, 0.2) is 0 Å². The Balaban J connectivity index is 1.58. The predicted octanol–water partition coefficient (Wildman–Crippen LogP) is 2.54. The molecule has 4 nitrogen and oxygen atoms in total. The van der Waals surface area contributed by atoms with Gasteiger partial charge >= 0.3 is 0 Å². The number of nitrogens with zero attached hydrogens (tertiary/aromatic N) is 1. The molecule has 1 fully saturated rings. The predicted molar refractivity (Wildman–Crippen MR) is 86.2 cm³/mol. The van der Waals surface area contributed by atoms with E-state index in [1.54, 1.807) is 7.11 Å². The molecule has 0 spiro atoms. The molecule has 4 heteroatoms. The minimum absolute atomic E-state index is 0.183. The second kappa shape index (κ2) is 7.38. The van der Waals surface area contributed by atoms with Gasteiger partial charge in [0.2, 0.25) is 5.88 Å². The van der Waals surface area contributed by atoms with Crippen LogP contribution in [0.4, 0.5) is 0 Å². The van der Waals surface area contributed by atoms with Gasteiger partial charge in [-0.25, -0.2) is 4.98 Å². The van der Waals surface area contributed by atoms with Gasteiger partial charge in [-0.15, -0.1) is 0 Å². The molecular weight excluding hydrogens is 276 g/mol. The first kappa shape index (κ1) is 15.0. The average Bonchev–Trinajstić information content (AvgIpc) is 2.61. The Morgan fingerprint density at radius 2 is 2.05 bits per heavy atom. The first-order valence-corrected chi connectivity index (χ1v) is 7.76. The topological polar surface area (TPSA) is 43.4 Å². The third-order valence-corrected chi connectivity index (χ3v) is 3.94. The van der Waals surface area contributed by atoms with Crippen LogP contribution in [0.25, 0.3) is 0 Å². The fraction of sp³-hybridized carbons (Fsp3) is 0.389. The lowest BCUT2D eigenvalue weighted by molar-refractivity contribution is 0.0277. The van der Waals surface area contributed by atoms with Gasteiger partial charge in [-0.2, -0.15) is 0 Å². The number of morpholine rings is 1. The molecular formula is C18H22N2O2. The van der Waals surface area contributed by atoms with Crippen molar-refractivity contribution in [3.63, 3.8) is 0 Å². The Morgan fingerprint density at radius 1 is 1.18 bits per heavy atom. The number of rotatable bonds is 5. The third kappa shape index (κ3) is 3.84. The number of benzene rings is 1. The molecule has 2 heterocycles. The Labute approximate surface area is 131 Å². The van der Waals surface area contributed by atoms with E-state index < -0.39 is 0 Å². The molecule has 0 saturated carbocycles. The van der Waals surface area contributed by atoms with Crippen LogP contribution >= 0.6 is 0 Å². The molecule has 116 valence electrons. The molecule has 2 aromatic rings. The third-order valence-electron chi connectivity index (χ3n) is 3.94. The smallest absolute Gasteiger partial charge is 0.213 e. The highest BCUT2D eigenvalue weighted by molar-refractivity contribution is 5.26. The summed E-state index contributed by atoms with van der Waals surface area (Å²) in [6.07, 6.45) is 2.07.